The van der Waals surface area contributed by atoms with Crippen LogP contribution in [-0.2, 0) is 6.42 Å². The topological polar surface area (TPSA) is 21.3 Å². The Morgan fingerprint density at radius 2 is 1.90 bits per heavy atom. The Labute approximate surface area is 121 Å². The molecule has 1 aliphatic rings. The number of rotatable bonds is 4. The van der Waals surface area contributed by atoms with Gasteiger partial charge >= 0.3 is 0 Å². The van der Waals surface area contributed by atoms with Crippen molar-refractivity contribution in [1.29, 1.82) is 0 Å². The molecular weight excluding hydrogens is 246 g/mol. The third-order valence-corrected chi connectivity index (χ3v) is 4.48. The maximum absolute atomic E-state index is 5.58. The molecular formula is C18H23NO. The predicted molar refractivity (Wildman–Crippen MR) is 84.4 cm³/mol. The fourth-order valence-corrected chi connectivity index (χ4v) is 3.28. The summed E-state index contributed by atoms with van der Waals surface area (Å²) in [6.45, 7) is 2.36. The van der Waals surface area contributed by atoms with Crippen LogP contribution in [-0.4, -0.2) is 20.2 Å². The van der Waals surface area contributed by atoms with E-state index in [1.807, 2.05) is 0 Å². The van der Waals surface area contributed by atoms with E-state index < -0.39 is 0 Å². The summed E-state index contributed by atoms with van der Waals surface area (Å²) >= 11 is 0. The van der Waals surface area contributed by atoms with Gasteiger partial charge in [0.15, 0.2) is 0 Å². The molecule has 3 rings (SSSR count). The van der Waals surface area contributed by atoms with E-state index in [1.54, 1.807) is 7.11 Å². The van der Waals surface area contributed by atoms with E-state index in [0.717, 1.165) is 18.1 Å². The average molecular weight is 269 g/mol. The van der Waals surface area contributed by atoms with Crippen molar-refractivity contribution >= 4 is 10.8 Å². The van der Waals surface area contributed by atoms with E-state index in [1.165, 1.54) is 48.7 Å². The molecule has 1 heterocycles. The summed E-state index contributed by atoms with van der Waals surface area (Å²) in [4.78, 5) is 0. The van der Waals surface area contributed by atoms with Gasteiger partial charge in [0.2, 0.25) is 0 Å². The molecule has 0 spiro atoms. The number of benzene rings is 2. The van der Waals surface area contributed by atoms with Gasteiger partial charge < -0.3 is 10.1 Å². The Morgan fingerprint density at radius 1 is 1.10 bits per heavy atom. The lowest BCUT2D eigenvalue weighted by Crippen LogP contribution is -2.27. The summed E-state index contributed by atoms with van der Waals surface area (Å²) in [5, 5.41) is 6.10. The first-order valence-electron chi connectivity index (χ1n) is 7.64. The van der Waals surface area contributed by atoms with Crippen LogP contribution in [0.2, 0.25) is 0 Å². The highest BCUT2D eigenvalue weighted by molar-refractivity contribution is 5.87. The second-order valence-corrected chi connectivity index (χ2v) is 5.70. The standard InChI is InChI=1S/C18H23NO/c1-20-18-9-7-15-4-2-3-5-16(15)17(18)8-6-14-10-12-19-13-11-14/h2-5,7,9,14,19H,6,8,10-13H2,1H3. The Balaban J connectivity index is 1.84. The lowest BCUT2D eigenvalue weighted by atomic mass is 9.90. The molecule has 1 saturated heterocycles. The Hall–Kier alpha value is -1.54. The van der Waals surface area contributed by atoms with E-state index >= 15 is 0 Å². The molecule has 2 aromatic rings. The third kappa shape index (κ3) is 2.80. The zero-order chi connectivity index (χ0) is 13.8. The van der Waals surface area contributed by atoms with Crippen molar-refractivity contribution in [3.63, 3.8) is 0 Å². The second kappa shape index (κ2) is 6.27. The summed E-state index contributed by atoms with van der Waals surface area (Å²) in [7, 11) is 1.78. The molecule has 2 nitrogen and oxygen atoms in total. The van der Waals surface area contributed by atoms with Crippen molar-refractivity contribution in [2.45, 2.75) is 25.7 Å². The number of hydrogen-bond acceptors (Lipinski definition) is 2. The lowest BCUT2D eigenvalue weighted by Gasteiger charge is -2.23. The Bertz CT molecular complexity index is 573. The molecule has 1 fully saturated rings. The molecule has 0 aliphatic carbocycles. The van der Waals surface area contributed by atoms with E-state index in [0.29, 0.717) is 0 Å². The predicted octanol–water partition coefficient (Wildman–Crippen LogP) is 3.78. The number of hydrogen-bond donors (Lipinski definition) is 1. The molecule has 0 unspecified atom stereocenters. The fraction of sp³-hybridized carbons (Fsp3) is 0.444. The number of piperidine rings is 1. The van der Waals surface area contributed by atoms with Gasteiger partial charge in [0.25, 0.3) is 0 Å². The Kier molecular flexibility index (Phi) is 4.22. The molecule has 2 aromatic carbocycles. The van der Waals surface area contributed by atoms with E-state index in [9.17, 15) is 0 Å². The van der Waals surface area contributed by atoms with E-state index in [4.69, 9.17) is 4.74 Å². The van der Waals surface area contributed by atoms with Crippen LogP contribution in [0.4, 0.5) is 0 Å². The van der Waals surface area contributed by atoms with Gasteiger partial charge in [-0.2, -0.15) is 0 Å². The largest absolute Gasteiger partial charge is 0.496 e. The number of methoxy groups -OCH3 is 1. The minimum atomic E-state index is 0.861. The SMILES string of the molecule is COc1ccc2ccccc2c1CCC1CCNCC1. The number of aryl methyl sites for hydroxylation is 1. The molecule has 1 aliphatic heterocycles. The van der Waals surface area contributed by atoms with Gasteiger partial charge in [-0.25, -0.2) is 0 Å². The molecule has 0 amide bonds. The zero-order valence-electron chi connectivity index (χ0n) is 12.2. The molecule has 20 heavy (non-hydrogen) atoms. The monoisotopic (exact) mass is 269 g/mol. The Morgan fingerprint density at radius 3 is 2.70 bits per heavy atom. The van der Waals surface area contributed by atoms with Crippen molar-refractivity contribution < 1.29 is 4.74 Å². The van der Waals surface area contributed by atoms with E-state index in [-0.39, 0.29) is 0 Å². The zero-order valence-corrected chi connectivity index (χ0v) is 12.2. The molecule has 0 bridgehead atoms. The highest BCUT2D eigenvalue weighted by Gasteiger charge is 2.15. The van der Waals surface area contributed by atoms with Crippen molar-refractivity contribution in [2.75, 3.05) is 20.2 Å². The molecule has 0 aromatic heterocycles. The number of ether oxygens (including phenoxy) is 1. The quantitative estimate of drug-likeness (QED) is 0.912. The third-order valence-electron chi connectivity index (χ3n) is 4.48. The van der Waals surface area contributed by atoms with Crippen LogP contribution in [0, 0.1) is 5.92 Å². The average Bonchev–Trinajstić information content (AvgIpc) is 2.53. The maximum atomic E-state index is 5.58. The van der Waals surface area contributed by atoms with Gasteiger partial charge in [-0.1, -0.05) is 30.3 Å². The molecule has 0 atom stereocenters. The first kappa shape index (κ1) is 13.4. The molecule has 0 radical (unpaired) electrons. The van der Waals surface area contributed by atoms with Crippen LogP contribution >= 0.6 is 0 Å². The van der Waals surface area contributed by atoms with Crippen LogP contribution in [0.3, 0.4) is 0 Å². The smallest absolute Gasteiger partial charge is 0.122 e. The summed E-state index contributed by atoms with van der Waals surface area (Å²) in [5.74, 6) is 1.90. The summed E-state index contributed by atoms with van der Waals surface area (Å²) in [6.07, 6.45) is 5.02. The van der Waals surface area contributed by atoms with Crippen LogP contribution < -0.4 is 10.1 Å². The van der Waals surface area contributed by atoms with Crippen molar-refractivity contribution in [1.82, 2.24) is 5.32 Å². The number of fused-ring (bicyclic) bond motifs is 1. The molecule has 2 heteroatoms. The first-order valence-corrected chi connectivity index (χ1v) is 7.64. The van der Waals surface area contributed by atoms with Crippen LogP contribution in [0.1, 0.15) is 24.8 Å². The molecule has 1 N–H and O–H groups in total. The normalized spacial score (nSPS) is 16.4. The summed E-state index contributed by atoms with van der Waals surface area (Å²) in [5.41, 5.74) is 1.38. The van der Waals surface area contributed by atoms with Gasteiger partial charge in [0.1, 0.15) is 5.75 Å². The van der Waals surface area contributed by atoms with Gasteiger partial charge in [0.05, 0.1) is 7.11 Å². The minimum absolute atomic E-state index is 0.861. The van der Waals surface area contributed by atoms with Crippen molar-refractivity contribution in [3.8, 4) is 5.75 Å². The van der Waals surface area contributed by atoms with Crippen molar-refractivity contribution in [3.05, 3.63) is 42.0 Å². The highest BCUT2D eigenvalue weighted by Crippen LogP contribution is 2.30. The fourth-order valence-electron chi connectivity index (χ4n) is 3.28. The highest BCUT2D eigenvalue weighted by atomic mass is 16.5. The second-order valence-electron chi connectivity index (χ2n) is 5.70. The summed E-state index contributed by atoms with van der Waals surface area (Å²) < 4.78 is 5.58. The molecule has 0 saturated carbocycles. The van der Waals surface area contributed by atoms with Gasteiger partial charge in [-0.3, -0.25) is 0 Å². The van der Waals surface area contributed by atoms with Crippen molar-refractivity contribution in [2.24, 2.45) is 5.92 Å². The van der Waals surface area contributed by atoms with Gasteiger partial charge in [-0.15, -0.1) is 0 Å². The van der Waals surface area contributed by atoms with Gasteiger partial charge in [0, 0.05) is 5.56 Å². The van der Waals surface area contributed by atoms with E-state index in [2.05, 4.69) is 41.7 Å². The first-order chi connectivity index (χ1) is 9.88. The van der Waals surface area contributed by atoms with Crippen LogP contribution in [0.25, 0.3) is 10.8 Å². The lowest BCUT2D eigenvalue weighted by molar-refractivity contribution is 0.351. The maximum Gasteiger partial charge on any atom is 0.122 e. The van der Waals surface area contributed by atoms with Crippen LogP contribution in [0.5, 0.6) is 5.75 Å². The van der Waals surface area contributed by atoms with Gasteiger partial charge in [-0.05, 0) is 61.5 Å². The number of nitrogens with one attached hydrogen (secondary N) is 1. The summed E-state index contributed by atoms with van der Waals surface area (Å²) in [6, 6.07) is 12.9. The molecule has 106 valence electrons. The van der Waals surface area contributed by atoms with Crippen LogP contribution in [0.15, 0.2) is 36.4 Å². The minimum Gasteiger partial charge on any atom is -0.496 e.